The predicted octanol–water partition coefficient (Wildman–Crippen LogP) is 4.23. The molecule has 3 atom stereocenters. The molecule has 0 aromatic carbocycles. The van der Waals surface area contributed by atoms with Crippen molar-refractivity contribution in [1.29, 1.82) is 0 Å². The lowest BCUT2D eigenvalue weighted by Gasteiger charge is -2.39. The van der Waals surface area contributed by atoms with Gasteiger partial charge in [0.1, 0.15) is 18.0 Å². The van der Waals surface area contributed by atoms with Crippen molar-refractivity contribution in [2.45, 2.75) is 100 Å². The summed E-state index contributed by atoms with van der Waals surface area (Å²) in [6.45, 7) is 7.28. The van der Waals surface area contributed by atoms with Crippen LogP contribution in [-0.4, -0.2) is 70.5 Å². The first kappa shape index (κ1) is 26.5. The summed E-state index contributed by atoms with van der Waals surface area (Å²) >= 11 is 0. The molecular weight excluding hydrogens is 512 g/mol. The van der Waals surface area contributed by atoms with Crippen LogP contribution in [0, 0.1) is 6.92 Å². The van der Waals surface area contributed by atoms with Gasteiger partial charge in [-0.2, -0.15) is 9.97 Å². The Morgan fingerprint density at radius 1 is 1.03 bits per heavy atom. The number of aromatic nitrogens is 3. The molecule has 11 nitrogen and oxygen atoms in total. The van der Waals surface area contributed by atoms with E-state index in [0.717, 1.165) is 12.8 Å². The molecule has 2 saturated heterocycles. The molecule has 2 aromatic heterocycles. The van der Waals surface area contributed by atoms with Gasteiger partial charge in [0.05, 0.1) is 18.1 Å². The number of hydrogen-bond donors (Lipinski definition) is 0. The standard InChI is InChI=1S/C26H34N4O7S/c1-15-20(10-11-21(29-15)38(32,33)19-8-9-19)36-24-22(34-5)23(27-14-28-24)35-18-12-16-6-7-17(13-18)30(16)25(31)37-26(2,3)4/h10-11,14,16-19H,6-9,12-13H2,1-5H3/t16-,17?,18?/m0/s1. The third-order valence-electron chi connectivity index (χ3n) is 6.99. The van der Waals surface area contributed by atoms with Gasteiger partial charge in [-0.1, -0.05) is 0 Å². The summed E-state index contributed by atoms with van der Waals surface area (Å²) < 4.78 is 48.5. The molecule has 0 spiro atoms. The van der Waals surface area contributed by atoms with Crippen molar-refractivity contribution in [3.8, 4) is 23.3 Å². The maximum Gasteiger partial charge on any atom is 0.410 e. The van der Waals surface area contributed by atoms with Gasteiger partial charge in [0.2, 0.25) is 5.75 Å². The zero-order valence-electron chi connectivity index (χ0n) is 22.3. The van der Waals surface area contributed by atoms with Crippen molar-refractivity contribution in [3.63, 3.8) is 0 Å². The van der Waals surface area contributed by atoms with Crippen LogP contribution in [0.4, 0.5) is 4.79 Å². The van der Waals surface area contributed by atoms with Crippen LogP contribution in [0.15, 0.2) is 23.5 Å². The molecule has 5 rings (SSSR count). The highest BCUT2D eigenvalue weighted by Crippen LogP contribution is 2.42. The predicted molar refractivity (Wildman–Crippen MR) is 136 cm³/mol. The first-order valence-electron chi connectivity index (χ1n) is 12.9. The van der Waals surface area contributed by atoms with E-state index >= 15 is 0 Å². The SMILES string of the molecule is COc1c(Oc2ccc(S(=O)(=O)C3CC3)nc2C)ncnc1OC1CC2CC[C@@H](C1)N2C(=O)OC(C)(C)C. The Morgan fingerprint density at radius 2 is 1.68 bits per heavy atom. The Hall–Kier alpha value is -3.15. The summed E-state index contributed by atoms with van der Waals surface area (Å²) in [5, 5.41) is -0.287. The second-order valence-electron chi connectivity index (χ2n) is 11.1. The van der Waals surface area contributed by atoms with Crippen molar-refractivity contribution in [1.82, 2.24) is 19.9 Å². The molecule has 206 valence electrons. The number of pyridine rings is 1. The molecule has 3 aliphatic rings. The van der Waals surface area contributed by atoms with Gasteiger partial charge < -0.3 is 23.8 Å². The fourth-order valence-electron chi connectivity index (χ4n) is 5.11. The van der Waals surface area contributed by atoms with E-state index in [1.807, 2.05) is 25.7 Å². The number of fused-ring (bicyclic) bond motifs is 2. The van der Waals surface area contributed by atoms with Crippen LogP contribution in [0.5, 0.6) is 23.3 Å². The van der Waals surface area contributed by atoms with E-state index in [2.05, 4.69) is 15.0 Å². The topological polar surface area (TPSA) is 130 Å². The monoisotopic (exact) mass is 546 g/mol. The maximum atomic E-state index is 12.8. The summed E-state index contributed by atoms with van der Waals surface area (Å²) in [6, 6.07) is 3.10. The highest BCUT2D eigenvalue weighted by atomic mass is 32.2. The summed E-state index contributed by atoms with van der Waals surface area (Å²) in [7, 11) is -1.93. The van der Waals surface area contributed by atoms with Gasteiger partial charge in [-0.05, 0) is 65.5 Å². The van der Waals surface area contributed by atoms with Crippen LogP contribution in [0.3, 0.4) is 0 Å². The number of methoxy groups -OCH3 is 1. The van der Waals surface area contributed by atoms with Gasteiger partial charge in [0.15, 0.2) is 20.6 Å². The number of nitrogens with zero attached hydrogens (tertiary/aromatic N) is 4. The molecule has 2 bridgehead atoms. The van der Waals surface area contributed by atoms with E-state index in [9.17, 15) is 13.2 Å². The van der Waals surface area contributed by atoms with E-state index in [-0.39, 0.29) is 52.1 Å². The quantitative estimate of drug-likeness (QED) is 0.497. The van der Waals surface area contributed by atoms with Crippen molar-refractivity contribution >= 4 is 15.9 Å². The molecule has 0 N–H and O–H groups in total. The second kappa shape index (κ2) is 9.87. The van der Waals surface area contributed by atoms with Crippen molar-refractivity contribution < 1.29 is 32.2 Å². The van der Waals surface area contributed by atoms with Crippen LogP contribution in [0.1, 0.15) is 65.0 Å². The summed E-state index contributed by atoms with van der Waals surface area (Å²) in [6.07, 6.45) is 5.32. The van der Waals surface area contributed by atoms with Gasteiger partial charge in [0.25, 0.3) is 11.8 Å². The lowest BCUT2D eigenvalue weighted by atomic mass is 10.0. The van der Waals surface area contributed by atoms with Crippen molar-refractivity contribution in [3.05, 3.63) is 24.2 Å². The number of ether oxygens (including phenoxy) is 4. The average molecular weight is 547 g/mol. The minimum absolute atomic E-state index is 0.0382. The lowest BCUT2D eigenvalue weighted by Crippen LogP contribution is -2.50. The molecule has 3 fully saturated rings. The maximum absolute atomic E-state index is 12.8. The van der Waals surface area contributed by atoms with E-state index in [1.165, 1.54) is 19.5 Å². The Kier molecular flexibility index (Phi) is 6.87. The molecule has 4 heterocycles. The molecular formula is C26H34N4O7S. The van der Waals surface area contributed by atoms with Crippen molar-refractivity contribution in [2.24, 2.45) is 0 Å². The molecule has 12 heteroatoms. The summed E-state index contributed by atoms with van der Waals surface area (Å²) in [5.41, 5.74) is -0.130. The van der Waals surface area contributed by atoms with Crippen molar-refractivity contribution in [2.75, 3.05) is 7.11 Å². The van der Waals surface area contributed by atoms with Crippen LogP contribution in [0.2, 0.25) is 0 Å². The molecule has 1 saturated carbocycles. The highest BCUT2D eigenvalue weighted by molar-refractivity contribution is 7.92. The molecule has 38 heavy (non-hydrogen) atoms. The van der Waals surface area contributed by atoms with Gasteiger partial charge in [0, 0.05) is 24.9 Å². The Bertz CT molecular complexity index is 1310. The van der Waals surface area contributed by atoms with Gasteiger partial charge in [-0.3, -0.25) is 0 Å². The zero-order chi connectivity index (χ0) is 27.2. The molecule has 1 amide bonds. The number of aryl methyl sites for hydroxylation is 1. The number of carbonyl (C=O) groups excluding carboxylic acids is 1. The first-order valence-corrected chi connectivity index (χ1v) is 14.5. The number of rotatable bonds is 7. The number of piperidine rings is 1. The Morgan fingerprint density at radius 3 is 2.26 bits per heavy atom. The molecule has 2 aliphatic heterocycles. The molecule has 2 aromatic rings. The Balaban J connectivity index is 1.30. The summed E-state index contributed by atoms with van der Waals surface area (Å²) in [4.78, 5) is 27.4. The number of hydrogen-bond acceptors (Lipinski definition) is 10. The molecule has 2 unspecified atom stereocenters. The first-order chi connectivity index (χ1) is 18.0. The van der Waals surface area contributed by atoms with E-state index in [0.29, 0.717) is 37.1 Å². The number of sulfone groups is 1. The number of amides is 1. The van der Waals surface area contributed by atoms with Gasteiger partial charge >= 0.3 is 6.09 Å². The fraction of sp³-hybridized carbons (Fsp3) is 0.615. The van der Waals surface area contributed by atoms with E-state index < -0.39 is 15.4 Å². The van der Waals surface area contributed by atoms with Crippen LogP contribution in [0.25, 0.3) is 0 Å². The Labute approximate surface area is 222 Å². The largest absolute Gasteiger partial charge is 0.487 e. The fourth-order valence-corrected chi connectivity index (χ4v) is 6.73. The third kappa shape index (κ3) is 5.36. The van der Waals surface area contributed by atoms with Gasteiger partial charge in [-0.25, -0.2) is 18.2 Å². The van der Waals surface area contributed by atoms with Crippen LogP contribution in [-0.2, 0) is 14.6 Å². The molecule has 1 aliphatic carbocycles. The normalized spacial score (nSPS) is 23.2. The third-order valence-corrected chi connectivity index (χ3v) is 9.15. The summed E-state index contributed by atoms with van der Waals surface area (Å²) in [5.74, 6) is 0.954. The molecule has 0 radical (unpaired) electrons. The minimum Gasteiger partial charge on any atom is -0.487 e. The minimum atomic E-state index is -3.41. The zero-order valence-corrected chi connectivity index (χ0v) is 23.2. The average Bonchev–Trinajstić information content (AvgIpc) is 3.65. The number of carbonyl (C=O) groups is 1. The lowest BCUT2D eigenvalue weighted by molar-refractivity contribution is -0.00797. The van der Waals surface area contributed by atoms with Gasteiger partial charge in [-0.15, -0.1) is 0 Å². The second-order valence-corrected chi connectivity index (χ2v) is 13.3. The van der Waals surface area contributed by atoms with Crippen LogP contribution >= 0.6 is 0 Å². The smallest absolute Gasteiger partial charge is 0.410 e. The van der Waals surface area contributed by atoms with E-state index in [4.69, 9.17) is 18.9 Å². The van der Waals surface area contributed by atoms with E-state index in [1.54, 1.807) is 13.0 Å². The van der Waals surface area contributed by atoms with Crippen LogP contribution < -0.4 is 14.2 Å². The highest BCUT2D eigenvalue weighted by Gasteiger charge is 2.46.